The summed E-state index contributed by atoms with van der Waals surface area (Å²) in [5.74, 6) is -0.264. The second kappa shape index (κ2) is 11.0. The van der Waals surface area contributed by atoms with Gasteiger partial charge in [-0.2, -0.15) is 0 Å². The molecule has 0 aliphatic carbocycles. The van der Waals surface area contributed by atoms with Gasteiger partial charge < -0.3 is 16.0 Å². The van der Waals surface area contributed by atoms with Gasteiger partial charge in [0.15, 0.2) is 0 Å². The van der Waals surface area contributed by atoms with Crippen LogP contribution in [0.25, 0.3) is 0 Å². The molecule has 0 aliphatic heterocycles. The second-order valence-corrected chi connectivity index (χ2v) is 9.85. The molecule has 7 heteroatoms. The van der Waals surface area contributed by atoms with Crippen molar-refractivity contribution in [1.82, 2.24) is 0 Å². The molecule has 3 amide bonds. The number of hydrogen-bond acceptors (Lipinski definition) is 4. The summed E-state index contributed by atoms with van der Waals surface area (Å²) in [5, 5.41) is 8.27. The van der Waals surface area contributed by atoms with Crippen LogP contribution in [-0.2, 0) is 14.4 Å². The van der Waals surface area contributed by atoms with Crippen molar-refractivity contribution in [2.75, 3.05) is 16.0 Å². The summed E-state index contributed by atoms with van der Waals surface area (Å²) < 4.78 is 0. The van der Waals surface area contributed by atoms with Crippen LogP contribution in [0.1, 0.15) is 47.5 Å². The highest BCUT2D eigenvalue weighted by Crippen LogP contribution is 2.29. The molecule has 6 nitrogen and oxygen atoms in total. The van der Waals surface area contributed by atoms with Crippen molar-refractivity contribution in [2.24, 2.45) is 5.41 Å². The van der Waals surface area contributed by atoms with Crippen LogP contribution in [0.15, 0.2) is 53.4 Å². The maximum absolute atomic E-state index is 12.8. The van der Waals surface area contributed by atoms with E-state index in [2.05, 4.69) is 16.0 Å². The van der Waals surface area contributed by atoms with Crippen LogP contribution in [-0.4, -0.2) is 23.0 Å². The molecule has 2 aromatic rings. The van der Waals surface area contributed by atoms with Gasteiger partial charge in [-0.25, -0.2) is 0 Å². The average Bonchev–Trinajstić information content (AvgIpc) is 2.66. The second-order valence-electron chi connectivity index (χ2n) is 8.58. The lowest BCUT2D eigenvalue weighted by molar-refractivity contribution is -0.118. The minimum atomic E-state index is -0.282. The lowest BCUT2D eigenvalue weighted by Crippen LogP contribution is -2.24. The molecule has 3 N–H and O–H groups in total. The Balaban J connectivity index is 1.99. The molecule has 1 atom stereocenters. The topological polar surface area (TPSA) is 87.3 Å². The number of nitrogens with one attached hydrogen (secondary N) is 3. The van der Waals surface area contributed by atoms with Gasteiger partial charge >= 0.3 is 0 Å². The molecule has 0 aromatic heterocycles. The highest BCUT2D eigenvalue weighted by molar-refractivity contribution is 8.00. The monoisotopic (exact) mass is 441 g/mol. The van der Waals surface area contributed by atoms with Crippen LogP contribution in [0.2, 0.25) is 0 Å². The maximum atomic E-state index is 12.8. The number of carbonyl (C=O) groups excluding carboxylic acids is 3. The molecule has 166 valence electrons. The predicted octanol–water partition coefficient (Wildman–Crippen LogP) is 5.53. The Morgan fingerprint density at radius 1 is 0.903 bits per heavy atom. The molecule has 2 aromatic carbocycles. The summed E-state index contributed by atoms with van der Waals surface area (Å²) in [7, 11) is 0. The number of anilines is 3. The van der Waals surface area contributed by atoms with Crippen molar-refractivity contribution in [3.63, 3.8) is 0 Å². The molecule has 0 spiro atoms. The summed E-state index contributed by atoms with van der Waals surface area (Å²) in [6.07, 6.45) is 1.09. The highest BCUT2D eigenvalue weighted by atomic mass is 32.2. The van der Waals surface area contributed by atoms with E-state index in [0.29, 0.717) is 24.2 Å². The minimum Gasteiger partial charge on any atom is -0.326 e. The van der Waals surface area contributed by atoms with Crippen molar-refractivity contribution in [3.05, 3.63) is 48.5 Å². The van der Waals surface area contributed by atoms with Crippen LogP contribution < -0.4 is 16.0 Å². The molecular weight excluding hydrogens is 410 g/mol. The minimum absolute atomic E-state index is 0.0258. The van der Waals surface area contributed by atoms with Crippen LogP contribution in [0, 0.1) is 5.41 Å². The van der Waals surface area contributed by atoms with Gasteiger partial charge in [0.2, 0.25) is 17.7 Å². The van der Waals surface area contributed by atoms with Crippen LogP contribution in [0.5, 0.6) is 0 Å². The van der Waals surface area contributed by atoms with E-state index in [-0.39, 0.29) is 28.4 Å². The van der Waals surface area contributed by atoms with E-state index in [0.717, 1.165) is 10.6 Å². The van der Waals surface area contributed by atoms with Crippen molar-refractivity contribution < 1.29 is 14.4 Å². The van der Waals surface area contributed by atoms with Crippen LogP contribution >= 0.6 is 11.8 Å². The third-order valence-corrected chi connectivity index (χ3v) is 5.58. The Morgan fingerprint density at radius 2 is 1.52 bits per heavy atom. The average molecular weight is 442 g/mol. The van der Waals surface area contributed by atoms with Crippen molar-refractivity contribution in [3.8, 4) is 0 Å². The van der Waals surface area contributed by atoms with Gasteiger partial charge in [-0.1, -0.05) is 33.8 Å². The first-order chi connectivity index (χ1) is 14.6. The number of rotatable bonds is 8. The van der Waals surface area contributed by atoms with Gasteiger partial charge in [0.05, 0.1) is 5.25 Å². The first-order valence-corrected chi connectivity index (χ1v) is 11.2. The predicted molar refractivity (Wildman–Crippen MR) is 128 cm³/mol. The first kappa shape index (κ1) is 24.5. The zero-order valence-electron chi connectivity index (χ0n) is 18.7. The van der Waals surface area contributed by atoms with Gasteiger partial charge in [0, 0.05) is 35.3 Å². The van der Waals surface area contributed by atoms with E-state index in [1.54, 1.807) is 24.3 Å². The molecule has 31 heavy (non-hydrogen) atoms. The maximum Gasteiger partial charge on any atom is 0.237 e. The zero-order chi connectivity index (χ0) is 23.0. The van der Waals surface area contributed by atoms with Gasteiger partial charge in [-0.05, 0) is 54.3 Å². The Labute approximate surface area is 188 Å². The lowest BCUT2D eigenvalue weighted by Gasteiger charge is -2.18. The van der Waals surface area contributed by atoms with Crippen LogP contribution in [0.4, 0.5) is 17.1 Å². The normalized spacial score (nSPS) is 12.0. The zero-order valence-corrected chi connectivity index (χ0v) is 19.6. The van der Waals surface area contributed by atoms with Crippen molar-refractivity contribution in [2.45, 2.75) is 57.6 Å². The molecule has 0 saturated heterocycles. The molecule has 0 radical (unpaired) electrons. The summed E-state index contributed by atoms with van der Waals surface area (Å²) in [5.41, 5.74) is 1.99. The Hall–Kier alpha value is -2.80. The van der Waals surface area contributed by atoms with E-state index in [4.69, 9.17) is 0 Å². The molecule has 0 saturated carbocycles. The number of benzene rings is 2. The fourth-order valence-electron chi connectivity index (χ4n) is 2.88. The fourth-order valence-corrected chi connectivity index (χ4v) is 3.90. The van der Waals surface area contributed by atoms with E-state index in [9.17, 15) is 14.4 Å². The molecule has 0 fully saturated rings. The van der Waals surface area contributed by atoms with Gasteiger partial charge in [0.1, 0.15) is 0 Å². The number of amides is 3. The molecular formula is C24H31N3O3S. The third-order valence-electron chi connectivity index (χ3n) is 4.22. The molecule has 0 aliphatic rings. The molecule has 2 rings (SSSR count). The smallest absolute Gasteiger partial charge is 0.237 e. The van der Waals surface area contributed by atoms with E-state index in [1.165, 1.54) is 18.7 Å². The fraction of sp³-hybridized carbons (Fsp3) is 0.375. The summed E-state index contributed by atoms with van der Waals surface area (Å²) in [4.78, 5) is 37.0. The lowest BCUT2D eigenvalue weighted by atomic mass is 9.92. The Bertz CT molecular complexity index is 920. The van der Waals surface area contributed by atoms with E-state index < -0.39 is 0 Å². The number of thioether (sulfide) groups is 1. The van der Waals surface area contributed by atoms with Crippen molar-refractivity contribution >= 4 is 46.5 Å². The van der Waals surface area contributed by atoms with E-state index in [1.807, 2.05) is 52.0 Å². The quantitative estimate of drug-likeness (QED) is 0.470. The van der Waals surface area contributed by atoms with Crippen LogP contribution in [0.3, 0.4) is 0 Å². The molecule has 0 heterocycles. The first-order valence-electron chi connectivity index (χ1n) is 10.3. The largest absolute Gasteiger partial charge is 0.326 e. The van der Waals surface area contributed by atoms with Gasteiger partial charge in [0.25, 0.3) is 0 Å². The highest BCUT2D eigenvalue weighted by Gasteiger charge is 2.19. The summed E-state index contributed by atoms with van der Waals surface area (Å²) in [6.45, 7) is 9.49. The van der Waals surface area contributed by atoms with Crippen molar-refractivity contribution in [1.29, 1.82) is 0 Å². The molecule has 1 unspecified atom stereocenters. The SMILES string of the molecule is CCC(Sc1cccc(NC(=O)CC(C)(C)C)c1)C(=O)Nc1ccc(NC(C)=O)cc1. The Kier molecular flexibility index (Phi) is 8.68. The van der Waals surface area contributed by atoms with E-state index >= 15 is 0 Å². The standard InChI is InChI=1S/C24H31N3O3S/c1-6-21(23(30)27-18-12-10-17(11-13-18)25-16(2)28)31-20-9-7-8-19(14-20)26-22(29)15-24(3,4)5/h7-14,21H,6,15H2,1-5H3,(H,25,28)(H,26,29)(H,27,30). The summed E-state index contributed by atoms with van der Waals surface area (Å²) >= 11 is 1.46. The van der Waals surface area contributed by atoms with Gasteiger partial charge in [-0.15, -0.1) is 11.8 Å². The Morgan fingerprint density at radius 3 is 2.06 bits per heavy atom. The summed E-state index contributed by atoms with van der Waals surface area (Å²) in [6, 6.07) is 14.6. The third kappa shape index (κ3) is 8.84. The number of hydrogen-bond donors (Lipinski definition) is 3. The molecule has 0 bridgehead atoms. The van der Waals surface area contributed by atoms with Gasteiger partial charge in [-0.3, -0.25) is 14.4 Å². The number of carbonyl (C=O) groups is 3.